The van der Waals surface area contributed by atoms with Crippen molar-refractivity contribution in [3.63, 3.8) is 0 Å². The molecule has 0 aliphatic heterocycles. The molecule has 1 aromatic heterocycles. The van der Waals surface area contributed by atoms with Crippen molar-refractivity contribution in [3.05, 3.63) is 42.6 Å². The van der Waals surface area contributed by atoms with E-state index in [-0.39, 0.29) is 0 Å². The lowest BCUT2D eigenvalue weighted by molar-refractivity contribution is 0.612. The topological polar surface area (TPSA) is 30.9 Å². The predicted octanol–water partition coefficient (Wildman–Crippen LogP) is 3.32. The van der Waals surface area contributed by atoms with Crippen LogP contribution in [0.25, 0.3) is 11.1 Å². The second-order valence-corrected chi connectivity index (χ2v) is 4.02. The zero-order chi connectivity index (χ0) is 10.8. The van der Waals surface area contributed by atoms with Gasteiger partial charge in [-0.05, 0) is 25.5 Å². The highest BCUT2D eigenvalue weighted by molar-refractivity contribution is 5.66. The fraction of sp³-hybridized carbons (Fsp3) is 0.231. The number of nitrogens with two attached hydrogens (primary N) is 1. The van der Waals surface area contributed by atoms with E-state index in [4.69, 9.17) is 5.73 Å². The summed E-state index contributed by atoms with van der Waals surface area (Å²) in [6.07, 6.45) is 2.11. The lowest BCUT2D eigenvalue weighted by Crippen LogP contribution is -2.02. The van der Waals surface area contributed by atoms with Crippen LogP contribution in [0.1, 0.15) is 19.9 Å². The SMILES string of the molecule is CC(C)n1cc(-c2ccccc2)cc1N. The van der Waals surface area contributed by atoms with E-state index in [2.05, 4.69) is 36.7 Å². The summed E-state index contributed by atoms with van der Waals surface area (Å²) in [6.45, 7) is 4.26. The molecule has 1 heterocycles. The van der Waals surface area contributed by atoms with Gasteiger partial charge in [0.15, 0.2) is 0 Å². The van der Waals surface area contributed by atoms with Crippen molar-refractivity contribution < 1.29 is 0 Å². The number of anilines is 1. The van der Waals surface area contributed by atoms with E-state index in [0.717, 1.165) is 5.82 Å². The molecule has 2 aromatic rings. The Morgan fingerprint density at radius 2 is 1.73 bits per heavy atom. The summed E-state index contributed by atoms with van der Waals surface area (Å²) in [6, 6.07) is 12.7. The van der Waals surface area contributed by atoms with Crippen LogP contribution < -0.4 is 5.73 Å². The molecule has 0 atom stereocenters. The molecular formula is C13H16N2. The molecule has 0 unspecified atom stereocenters. The third-order valence-electron chi connectivity index (χ3n) is 2.54. The molecule has 0 saturated heterocycles. The van der Waals surface area contributed by atoms with E-state index in [1.807, 2.05) is 24.3 Å². The highest BCUT2D eigenvalue weighted by Crippen LogP contribution is 2.25. The number of nitrogens with zero attached hydrogens (tertiary/aromatic N) is 1. The number of nitrogen functional groups attached to an aromatic ring is 1. The van der Waals surface area contributed by atoms with Crippen molar-refractivity contribution in [3.8, 4) is 11.1 Å². The standard InChI is InChI=1S/C13H16N2/c1-10(2)15-9-12(8-13(15)14)11-6-4-3-5-7-11/h3-10H,14H2,1-2H3. The number of benzene rings is 1. The molecule has 0 bridgehead atoms. The first-order valence-electron chi connectivity index (χ1n) is 5.21. The molecule has 0 radical (unpaired) electrons. The van der Waals surface area contributed by atoms with Crippen molar-refractivity contribution in [1.82, 2.24) is 4.57 Å². The average Bonchev–Trinajstić information content (AvgIpc) is 2.62. The first-order chi connectivity index (χ1) is 7.18. The molecule has 2 nitrogen and oxygen atoms in total. The van der Waals surface area contributed by atoms with Crippen LogP contribution in [0.2, 0.25) is 0 Å². The van der Waals surface area contributed by atoms with Gasteiger partial charge in [-0.15, -0.1) is 0 Å². The highest BCUT2D eigenvalue weighted by Gasteiger charge is 2.06. The third kappa shape index (κ3) is 1.89. The molecule has 0 spiro atoms. The minimum absolute atomic E-state index is 0.405. The molecule has 2 N–H and O–H groups in total. The molecule has 0 saturated carbocycles. The van der Waals surface area contributed by atoms with Gasteiger partial charge < -0.3 is 10.3 Å². The zero-order valence-corrected chi connectivity index (χ0v) is 9.14. The van der Waals surface area contributed by atoms with Gasteiger partial charge in [-0.1, -0.05) is 30.3 Å². The normalized spacial score (nSPS) is 10.9. The van der Waals surface area contributed by atoms with Crippen molar-refractivity contribution in [2.45, 2.75) is 19.9 Å². The summed E-state index contributed by atoms with van der Waals surface area (Å²) < 4.78 is 2.09. The molecule has 2 heteroatoms. The molecule has 0 amide bonds. The quantitative estimate of drug-likeness (QED) is 0.792. The van der Waals surface area contributed by atoms with Crippen LogP contribution in [0.15, 0.2) is 42.6 Å². The smallest absolute Gasteiger partial charge is 0.104 e. The molecule has 0 aliphatic rings. The van der Waals surface area contributed by atoms with E-state index in [9.17, 15) is 0 Å². The monoisotopic (exact) mass is 200 g/mol. The van der Waals surface area contributed by atoms with Gasteiger partial charge in [-0.25, -0.2) is 0 Å². The third-order valence-corrected chi connectivity index (χ3v) is 2.54. The summed E-state index contributed by atoms with van der Waals surface area (Å²) in [5.41, 5.74) is 8.34. The Morgan fingerprint density at radius 3 is 2.27 bits per heavy atom. The van der Waals surface area contributed by atoms with Gasteiger partial charge >= 0.3 is 0 Å². The largest absolute Gasteiger partial charge is 0.385 e. The van der Waals surface area contributed by atoms with E-state index >= 15 is 0 Å². The van der Waals surface area contributed by atoms with E-state index in [1.165, 1.54) is 11.1 Å². The van der Waals surface area contributed by atoms with Crippen LogP contribution in [0.4, 0.5) is 5.82 Å². The van der Waals surface area contributed by atoms with Crippen molar-refractivity contribution in [1.29, 1.82) is 0 Å². The molecule has 78 valence electrons. The zero-order valence-electron chi connectivity index (χ0n) is 9.14. The Kier molecular flexibility index (Phi) is 2.50. The highest BCUT2D eigenvalue weighted by atomic mass is 15.1. The Bertz CT molecular complexity index is 441. The van der Waals surface area contributed by atoms with Crippen LogP contribution in [0.5, 0.6) is 0 Å². The lowest BCUT2D eigenvalue weighted by Gasteiger charge is -2.08. The Labute approximate surface area is 90.3 Å². The number of aromatic nitrogens is 1. The van der Waals surface area contributed by atoms with Crippen molar-refractivity contribution >= 4 is 5.82 Å². The van der Waals surface area contributed by atoms with E-state index in [0.29, 0.717) is 6.04 Å². The average molecular weight is 200 g/mol. The molecule has 2 rings (SSSR count). The maximum Gasteiger partial charge on any atom is 0.104 e. The summed E-state index contributed by atoms with van der Waals surface area (Å²) in [7, 11) is 0. The fourth-order valence-corrected chi connectivity index (χ4v) is 1.73. The number of hydrogen-bond acceptors (Lipinski definition) is 1. The minimum Gasteiger partial charge on any atom is -0.385 e. The summed E-state index contributed by atoms with van der Waals surface area (Å²) in [5, 5.41) is 0. The Hall–Kier alpha value is -1.70. The second kappa shape index (κ2) is 3.81. The maximum absolute atomic E-state index is 5.94. The predicted molar refractivity (Wildman–Crippen MR) is 64.7 cm³/mol. The van der Waals surface area contributed by atoms with Gasteiger partial charge in [-0.2, -0.15) is 0 Å². The molecular weight excluding hydrogens is 184 g/mol. The fourth-order valence-electron chi connectivity index (χ4n) is 1.73. The minimum atomic E-state index is 0.405. The first-order valence-corrected chi connectivity index (χ1v) is 5.21. The first kappa shape index (κ1) is 9.84. The van der Waals surface area contributed by atoms with E-state index < -0.39 is 0 Å². The van der Waals surface area contributed by atoms with Crippen LogP contribution in [-0.4, -0.2) is 4.57 Å². The summed E-state index contributed by atoms with van der Waals surface area (Å²) in [4.78, 5) is 0. The van der Waals surface area contributed by atoms with Gasteiger partial charge in [-0.3, -0.25) is 0 Å². The van der Waals surface area contributed by atoms with Crippen LogP contribution >= 0.6 is 0 Å². The Balaban J connectivity index is 2.43. The van der Waals surface area contributed by atoms with Crippen molar-refractivity contribution in [2.75, 3.05) is 5.73 Å². The van der Waals surface area contributed by atoms with Gasteiger partial charge in [0, 0.05) is 17.8 Å². The molecule has 0 fully saturated rings. The van der Waals surface area contributed by atoms with Crippen LogP contribution in [-0.2, 0) is 0 Å². The number of hydrogen-bond donors (Lipinski definition) is 1. The maximum atomic E-state index is 5.94. The number of rotatable bonds is 2. The van der Waals surface area contributed by atoms with Crippen LogP contribution in [0, 0.1) is 0 Å². The van der Waals surface area contributed by atoms with E-state index in [1.54, 1.807) is 0 Å². The summed E-state index contributed by atoms with van der Waals surface area (Å²) in [5.74, 6) is 0.823. The van der Waals surface area contributed by atoms with Crippen molar-refractivity contribution in [2.24, 2.45) is 0 Å². The summed E-state index contributed by atoms with van der Waals surface area (Å²) >= 11 is 0. The van der Waals surface area contributed by atoms with Gasteiger partial charge in [0.05, 0.1) is 0 Å². The van der Waals surface area contributed by atoms with Gasteiger partial charge in [0.2, 0.25) is 0 Å². The lowest BCUT2D eigenvalue weighted by atomic mass is 10.1. The second-order valence-electron chi connectivity index (χ2n) is 4.02. The molecule has 1 aromatic carbocycles. The molecule has 0 aliphatic carbocycles. The molecule has 15 heavy (non-hydrogen) atoms. The van der Waals surface area contributed by atoms with Gasteiger partial charge in [0.25, 0.3) is 0 Å². The van der Waals surface area contributed by atoms with Gasteiger partial charge in [0.1, 0.15) is 5.82 Å². The Morgan fingerprint density at radius 1 is 1.07 bits per heavy atom. The van der Waals surface area contributed by atoms with Crippen LogP contribution in [0.3, 0.4) is 0 Å².